The van der Waals surface area contributed by atoms with Crippen LogP contribution in [0.3, 0.4) is 0 Å². The second-order valence-corrected chi connectivity index (χ2v) is 11.4. The first-order valence-electron chi connectivity index (χ1n) is 8.98. The van der Waals surface area contributed by atoms with E-state index in [-0.39, 0.29) is 4.90 Å². The molecule has 0 aliphatic rings. The van der Waals surface area contributed by atoms with Gasteiger partial charge in [-0.25, -0.2) is 3.63 Å². The molecule has 0 heterocycles. The molecule has 0 saturated heterocycles. The molecule has 0 amide bonds. The molecule has 0 bridgehead atoms. The fraction of sp³-hybridized carbons (Fsp3) is 0.182. The van der Waals surface area contributed by atoms with E-state index in [4.69, 9.17) is 15.2 Å². The van der Waals surface area contributed by atoms with Crippen LogP contribution in [0.15, 0.2) is 99.6 Å². The molecule has 148 valence electrons. The van der Waals surface area contributed by atoms with Crippen LogP contribution >= 0.6 is 21.9 Å². The smallest absolute Gasteiger partial charge is 0.207 e. The zero-order valence-electron chi connectivity index (χ0n) is 15.6. The molecule has 6 heteroatoms. The van der Waals surface area contributed by atoms with E-state index in [0.29, 0.717) is 18.1 Å². The van der Waals surface area contributed by atoms with Gasteiger partial charge in [0.05, 0.1) is 4.90 Å². The van der Waals surface area contributed by atoms with Crippen LogP contribution in [0.2, 0.25) is 0 Å². The molecule has 0 aromatic heterocycles. The van der Waals surface area contributed by atoms with Crippen molar-refractivity contribution in [3.63, 3.8) is 0 Å². The molecule has 0 radical (unpaired) electrons. The summed E-state index contributed by atoms with van der Waals surface area (Å²) in [5.74, 6) is 0.956. The average Bonchev–Trinajstić information content (AvgIpc) is 2.73. The molecule has 0 aliphatic heterocycles. The highest BCUT2D eigenvalue weighted by Gasteiger charge is 2.35. The summed E-state index contributed by atoms with van der Waals surface area (Å²) in [5, 5.41) is 0. The van der Waals surface area contributed by atoms with Gasteiger partial charge in [-0.2, -0.15) is 8.42 Å². The predicted molar refractivity (Wildman–Crippen MR) is 117 cm³/mol. The summed E-state index contributed by atoms with van der Waals surface area (Å²) < 4.78 is 32.6. The van der Waals surface area contributed by atoms with Gasteiger partial charge in [0.1, 0.15) is 0 Å². The van der Waals surface area contributed by atoms with Gasteiger partial charge in [-0.3, -0.25) is 0 Å². The van der Waals surface area contributed by atoms with Crippen molar-refractivity contribution in [2.24, 2.45) is 0 Å². The molecule has 0 fully saturated rings. The van der Waals surface area contributed by atoms with Crippen molar-refractivity contribution >= 4 is 32.0 Å². The molecule has 0 atom stereocenters. The molecule has 0 saturated carbocycles. The standard InChI is InChI=1S/C22H23ClO3S2/c1-19-13-15-22(16-14-19)28(24,25)26-27(18-8-17-23,20-9-4-2-5-10-20)21-11-6-3-7-12-21/h2-7,9-16H,8,17-18H2,1H3. The van der Waals surface area contributed by atoms with Crippen LogP contribution in [0.5, 0.6) is 0 Å². The molecule has 0 aliphatic carbocycles. The van der Waals surface area contributed by atoms with E-state index in [1.54, 1.807) is 24.3 Å². The van der Waals surface area contributed by atoms with Gasteiger partial charge in [-0.05, 0) is 49.7 Å². The lowest BCUT2D eigenvalue weighted by molar-refractivity contribution is 0.508. The second kappa shape index (κ2) is 9.14. The Balaban J connectivity index is 2.16. The Labute approximate surface area is 174 Å². The van der Waals surface area contributed by atoms with E-state index >= 15 is 0 Å². The number of aryl methyl sites for hydroxylation is 1. The van der Waals surface area contributed by atoms with Crippen molar-refractivity contribution < 1.29 is 12.0 Å². The van der Waals surface area contributed by atoms with Crippen LogP contribution in [-0.2, 0) is 13.7 Å². The van der Waals surface area contributed by atoms with E-state index in [1.807, 2.05) is 67.6 Å². The van der Waals surface area contributed by atoms with Crippen molar-refractivity contribution in [2.75, 3.05) is 11.6 Å². The molecule has 3 rings (SSSR count). The third kappa shape index (κ3) is 4.61. The fourth-order valence-corrected chi connectivity index (χ4v) is 8.61. The van der Waals surface area contributed by atoms with E-state index in [9.17, 15) is 8.42 Å². The van der Waals surface area contributed by atoms with E-state index < -0.39 is 20.4 Å². The predicted octanol–water partition coefficient (Wildman–Crippen LogP) is 6.17. The van der Waals surface area contributed by atoms with Crippen molar-refractivity contribution in [3.05, 3.63) is 90.5 Å². The van der Waals surface area contributed by atoms with Gasteiger partial charge < -0.3 is 0 Å². The third-order valence-electron chi connectivity index (χ3n) is 4.33. The summed E-state index contributed by atoms with van der Waals surface area (Å²) in [4.78, 5) is 1.89. The van der Waals surface area contributed by atoms with Crippen molar-refractivity contribution in [1.82, 2.24) is 0 Å². The van der Waals surface area contributed by atoms with Crippen LogP contribution in [-0.4, -0.2) is 20.1 Å². The normalized spacial score (nSPS) is 12.6. The Kier molecular flexibility index (Phi) is 6.83. The van der Waals surface area contributed by atoms with Gasteiger partial charge in [0.25, 0.3) is 0 Å². The summed E-state index contributed by atoms with van der Waals surface area (Å²) in [6, 6.07) is 25.9. The monoisotopic (exact) mass is 434 g/mol. The third-order valence-corrected chi connectivity index (χ3v) is 10.0. The van der Waals surface area contributed by atoms with Crippen LogP contribution in [0, 0.1) is 6.92 Å². The summed E-state index contributed by atoms with van der Waals surface area (Å²) in [5.41, 5.74) is 0.991. The van der Waals surface area contributed by atoms with Gasteiger partial charge in [0.2, 0.25) is 0 Å². The molecular formula is C22H23ClO3S2. The first-order valence-corrected chi connectivity index (χ1v) is 12.6. The average molecular weight is 435 g/mol. The highest BCUT2D eigenvalue weighted by Crippen LogP contribution is 2.65. The summed E-state index contributed by atoms with van der Waals surface area (Å²) in [6.07, 6.45) is 0.643. The minimum Gasteiger partial charge on any atom is -0.207 e. The fourth-order valence-electron chi connectivity index (χ4n) is 2.92. The number of alkyl halides is 1. The molecule has 0 spiro atoms. The molecule has 28 heavy (non-hydrogen) atoms. The first kappa shape index (κ1) is 20.9. The Morgan fingerprint density at radius 3 is 1.71 bits per heavy atom. The van der Waals surface area contributed by atoms with E-state index in [1.165, 1.54) is 0 Å². The minimum atomic E-state index is -3.97. The lowest BCUT2D eigenvalue weighted by Gasteiger charge is -2.39. The quantitative estimate of drug-likeness (QED) is 0.398. The molecule has 0 unspecified atom stereocenters. The zero-order valence-corrected chi connectivity index (χ0v) is 18.0. The molecule has 3 nitrogen and oxygen atoms in total. The number of benzene rings is 3. The molecule has 3 aromatic rings. The van der Waals surface area contributed by atoms with E-state index in [0.717, 1.165) is 15.4 Å². The maximum atomic E-state index is 13.2. The maximum Gasteiger partial charge on any atom is 0.306 e. The first-order chi connectivity index (χ1) is 13.5. The number of rotatable bonds is 8. The van der Waals surface area contributed by atoms with Crippen LogP contribution in [0.1, 0.15) is 12.0 Å². The lowest BCUT2D eigenvalue weighted by atomic mass is 10.2. The Morgan fingerprint density at radius 2 is 1.25 bits per heavy atom. The largest absolute Gasteiger partial charge is 0.306 e. The molecule has 3 aromatic carbocycles. The molecular weight excluding hydrogens is 412 g/mol. The second-order valence-electron chi connectivity index (χ2n) is 6.38. The van der Waals surface area contributed by atoms with Crippen molar-refractivity contribution in [3.8, 4) is 0 Å². The minimum absolute atomic E-state index is 0.160. The van der Waals surface area contributed by atoms with Crippen molar-refractivity contribution in [1.29, 1.82) is 0 Å². The van der Waals surface area contributed by atoms with Gasteiger partial charge >= 0.3 is 10.1 Å². The van der Waals surface area contributed by atoms with Crippen molar-refractivity contribution in [2.45, 2.75) is 28.0 Å². The molecule has 0 N–H and O–H groups in total. The lowest BCUT2D eigenvalue weighted by Crippen LogP contribution is -2.17. The summed E-state index contributed by atoms with van der Waals surface area (Å²) in [7, 11) is -6.27. The van der Waals surface area contributed by atoms with Gasteiger partial charge in [-0.1, -0.05) is 64.4 Å². The SMILES string of the molecule is Cc1ccc(S(=O)(=O)OS(CCCCl)(c2ccccc2)c2ccccc2)cc1. The van der Waals surface area contributed by atoms with Crippen LogP contribution < -0.4 is 0 Å². The number of hydrogen-bond acceptors (Lipinski definition) is 3. The summed E-state index contributed by atoms with van der Waals surface area (Å²) in [6.45, 7) is 1.92. The summed E-state index contributed by atoms with van der Waals surface area (Å²) >= 11 is 6.00. The highest BCUT2D eigenvalue weighted by molar-refractivity contribution is 8.33. The Morgan fingerprint density at radius 1 is 0.750 bits per heavy atom. The van der Waals surface area contributed by atoms with Gasteiger partial charge in [0.15, 0.2) is 0 Å². The number of halogens is 1. The zero-order chi connectivity index (χ0) is 20.0. The van der Waals surface area contributed by atoms with Crippen LogP contribution in [0.4, 0.5) is 0 Å². The van der Waals surface area contributed by atoms with Crippen LogP contribution in [0.25, 0.3) is 0 Å². The van der Waals surface area contributed by atoms with E-state index in [2.05, 4.69) is 0 Å². The van der Waals surface area contributed by atoms with Gasteiger partial charge in [0, 0.05) is 21.4 Å². The van der Waals surface area contributed by atoms with Gasteiger partial charge in [-0.15, -0.1) is 11.6 Å². The Bertz CT molecular complexity index is 949. The number of hydrogen-bond donors (Lipinski definition) is 0. The Hall–Kier alpha value is -1.79. The maximum absolute atomic E-state index is 13.2. The highest BCUT2D eigenvalue weighted by atomic mass is 35.5. The topological polar surface area (TPSA) is 43.4 Å².